The van der Waals surface area contributed by atoms with E-state index in [1.807, 2.05) is 0 Å². The molecular weight excluding hydrogens is 186 g/mol. The maximum Gasteiger partial charge on any atom is 0.325 e. The average Bonchev–Trinajstić information content (AvgIpc) is 2.25. The molecule has 0 aromatic heterocycles. The third kappa shape index (κ3) is 4.04. The van der Waals surface area contributed by atoms with E-state index >= 15 is 0 Å². The van der Waals surface area contributed by atoms with Gasteiger partial charge in [-0.25, -0.2) is 0 Å². The quantitative estimate of drug-likeness (QED) is 0.484. The molecule has 1 unspecified atom stereocenters. The number of hydrogen-bond acceptors (Lipinski definition) is 5. The second kappa shape index (κ2) is 6.75. The van der Waals surface area contributed by atoms with Gasteiger partial charge in [-0.15, -0.1) is 0 Å². The number of ether oxygens (including phenoxy) is 3. The fraction of sp³-hybridized carbons (Fsp3) is 0.889. The first-order valence-corrected chi connectivity index (χ1v) is 4.81. The summed E-state index contributed by atoms with van der Waals surface area (Å²) in [6.45, 7) is 2.79. The molecule has 1 N–H and O–H groups in total. The van der Waals surface area contributed by atoms with Crippen LogP contribution in [0.15, 0.2) is 0 Å². The van der Waals surface area contributed by atoms with Gasteiger partial charge < -0.3 is 19.5 Å². The number of rotatable bonds is 5. The van der Waals surface area contributed by atoms with E-state index in [4.69, 9.17) is 14.2 Å². The van der Waals surface area contributed by atoms with E-state index < -0.39 is 0 Å². The summed E-state index contributed by atoms with van der Waals surface area (Å²) in [6.07, 6.45) is 0.732. The van der Waals surface area contributed by atoms with Crippen LogP contribution in [0.5, 0.6) is 0 Å². The minimum absolute atomic E-state index is 0.235. The Labute approximate surface area is 83.7 Å². The Kier molecular flexibility index (Phi) is 5.51. The zero-order chi connectivity index (χ0) is 10.2. The summed E-state index contributed by atoms with van der Waals surface area (Å²) >= 11 is 0. The van der Waals surface area contributed by atoms with Crippen molar-refractivity contribution in [3.63, 3.8) is 0 Å². The minimum Gasteiger partial charge on any atom is -0.464 e. The number of hydrogen-bond donors (Lipinski definition) is 1. The summed E-state index contributed by atoms with van der Waals surface area (Å²) in [7, 11) is 1.62. The van der Waals surface area contributed by atoms with Crippen molar-refractivity contribution in [2.24, 2.45) is 0 Å². The summed E-state index contributed by atoms with van der Waals surface area (Å²) in [6, 6.07) is -0.300. The molecule has 1 fully saturated rings. The van der Waals surface area contributed by atoms with Crippen LogP contribution >= 0.6 is 0 Å². The van der Waals surface area contributed by atoms with Crippen LogP contribution in [0.3, 0.4) is 0 Å². The van der Waals surface area contributed by atoms with Crippen LogP contribution in [-0.2, 0) is 19.0 Å². The van der Waals surface area contributed by atoms with Gasteiger partial charge in [0.2, 0.25) is 0 Å². The average molecular weight is 203 g/mol. The molecule has 0 saturated carbocycles. The van der Waals surface area contributed by atoms with Crippen LogP contribution in [0.4, 0.5) is 0 Å². The number of carbonyl (C=O) groups is 1. The first-order valence-electron chi connectivity index (χ1n) is 4.81. The van der Waals surface area contributed by atoms with E-state index in [-0.39, 0.29) is 12.0 Å². The van der Waals surface area contributed by atoms with E-state index in [1.54, 1.807) is 7.11 Å². The molecule has 82 valence electrons. The maximum absolute atomic E-state index is 11.4. The van der Waals surface area contributed by atoms with Crippen molar-refractivity contribution in [3.8, 4) is 0 Å². The largest absolute Gasteiger partial charge is 0.464 e. The summed E-state index contributed by atoms with van der Waals surface area (Å²) < 4.78 is 15.0. The number of carbonyl (C=O) groups excluding carboxylic acids is 1. The highest BCUT2D eigenvalue weighted by molar-refractivity contribution is 5.76. The predicted octanol–water partition coefficient (Wildman–Crippen LogP) is -0.445. The Morgan fingerprint density at radius 1 is 1.57 bits per heavy atom. The van der Waals surface area contributed by atoms with Gasteiger partial charge in [-0.05, 0) is 0 Å². The molecule has 5 heteroatoms. The fourth-order valence-electron chi connectivity index (χ4n) is 1.19. The third-order valence-corrected chi connectivity index (χ3v) is 1.94. The minimum atomic E-state index is -0.300. The molecule has 1 heterocycles. The van der Waals surface area contributed by atoms with Crippen LogP contribution in [0.1, 0.15) is 6.42 Å². The Morgan fingerprint density at radius 2 is 2.43 bits per heavy atom. The van der Waals surface area contributed by atoms with Crippen LogP contribution in [0.2, 0.25) is 0 Å². The summed E-state index contributed by atoms with van der Waals surface area (Å²) in [5.41, 5.74) is 0. The van der Waals surface area contributed by atoms with Crippen LogP contribution in [0, 0.1) is 0 Å². The van der Waals surface area contributed by atoms with Gasteiger partial charge in [0.1, 0.15) is 6.04 Å². The standard InChI is InChI=1S/C9H17NO4/c1-12-4-2-5-14-9(11)8-7-13-6-3-10-8/h8,10H,2-7H2,1H3. The highest BCUT2D eigenvalue weighted by Gasteiger charge is 2.22. The van der Waals surface area contributed by atoms with Crippen molar-refractivity contribution < 1.29 is 19.0 Å². The smallest absolute Gasteiger partial charge is 0.325 e. The first kappa shape index (κ1) is 11.4. The van der Waals surface area contributed by atoms with Crippen molar-refractivity contribution in [3.05, 3.63) is 0 Å². The van der Waals surface area contributed by atoms with Gasteiger partial charge in [-0.1, -0.05) is 0 Å². The monoisotopic (exact) mass is 203 g/mol. The molecule has 1 saturated heterocycles. The Morgan fingerprint density at radius 3 is 3.07 bits per heavy atom. The normalized spacial score (nSPS) is 21.9. The molecular formula is C9H17NO4. The van der Waals surface area contributed by atoms with Gasteiger partial charge in [0.05, 0.1) is 19.8 Å². The van der Waals surface area contributed by atoms with Crippen molar-refractivity contribution in [1.82, 2.24) is 5.32 Å². The molecule has 14 heavy (non-hydrogen) atoms. The Bertz CT molecular complexity index is 168. The van der Waals surface area contributed by atoms with E-state index in [0.29, 0.717) is 33.0 Å². The number of methoxy groups -OCH3 is 1. The number of esters is 1. The van der Waals surface area contributed by atoms with E-state index in [9.17, 15) is 4.79 Å². The van der Waals surface area contributed by atoms with Crippen molar-refractivity contribution >= 4 is 5.97 Å². The highest BCUT2D eigenvalue weighted by Crippen LogP contribution is 1.96. The molecule has 0 amide bonds. The number of nitrogens with one attached hydrogen (secondary N) is 1. The SMILES string of the molecule is COCCCOC(=O)C1COCCN1. The Balaban J connectivity index is 2.07. The molecule has 0 aromatic carbocycles. The van der Waals surface area contributed by atoms with Gasteiger partial charge in [0.25, 0.3) is 0 Å². The molecule has 5 nitrogen and oxygen atoms in total. The van der Waals surface area contributed by atoms with E-state index in [2.05, 4.69) is 5.32 Å². The zero-order valence-corrected chi connectivity index (χ0v) is 8.45. The second-order valence-corrected chi connectivity index (χ2v) is 3.10. The van der Waals surface area contributed by atoms with Crippen LogP contribution in [-0.4, -0.2) is 52.1 Å². The fourth-order valence-corrected chi connectivity index (χ4v) is 1.19. The second-order valence-electron chi connectivity index (χ2n) is 3.10. The lowest BCUT2D eigenvalue weighted by molar-refractivity contribution is -0.149. The zero-order valence-electron chi connectivity index (χ0n) is 8.45. The predicted molar refractivity (Wildman–Crippen MR) is 50.1 cm³/mol. The van der Waals surface area contributed by atoms with Crippen LogP contribution in [0.25, 0.3) is 0 Å². The van der Waals surface area contributed by atoms with Gasteiger partial charge in [-0.3, -0.25) is 4.79 Å². The molecule has 0 spiro atoms. The lowest BCUT2D eigenvalue weighted by atomic mass is 10.3. The molecule has 0 aliphatic carbocycles. The molecule has 0 bridgehead atoms. The molecule has 1 aliphatic heterocycles. The molecule has 1 atom stereocenters. The lowest BCUT2D eigenvalue weighted by Crippen LogP contribution is -2.47. The first-order chi connectivity index (χ1) is 6.84. The number of morpholine rings is 1. The van der Waals surface area contributed by atoms with Gasteiger partial charge >= 0.3 is 5.97 Å². The molecule has 1 aliphatic rings. The van der Waals surface area contributed by atoms with Gasteiger partial charge in [0, 0.05) is 26.7 Å². The molecule has 1 rings (SSSR count). The van der Waals surface area contributed by atoms with E-state index in [0.717, 1.165) is 6.42 Å². The molecule has 0 aromatic rings. The highest BCUT2D eigenvalue weighted by atomic mass is 16.5. The topological polar surface area (TPSA) is 56.8 Å². The maximum atomic E-state index is 11.4. The van der Waals surface area contributed by atoms with Crippen molar-refractivity contribution in [2.75, 3.05) is 40.1 Å². The van der Waals surface area contributed by atoms with Gasteiger partial charge in [-0.2, -0.15) is 0 Å². The Hall–Kier alpha value is -0.650. The summed E-state index contributed by atoms with van der Waals surface area (Å²) in [4.78, 5) is 11.4. The van der Waals surface area contributed by atoms with E-state index in [1.165, 1.54) is 0 Å². The van der Waals surface area contributed by atoms with Gasteiger partial charge in [0.15, 0.2) is 0 Å². The third-order valence-electron chi connectivity index (χ3n) is 1.94. The van der Waals surface area contributed by atoms with Crippen LogP contribution < -0.4 is 5.32 Å². The molecule has 0 radical (unpaired) electrons. The summed E-state index contributed by atoms with van der Waals surface area (Å²) in [5, 5.41) is 3.03. The summed E-state index contributed by atoms with van der Waals surface area (Å²) in [5.74, 6) is -0.235. The van der Waals surface area contributed by atoms with Crippen molar-refractivity contribution in [2.45, 2.75) is 12.5 Å². The van der Waals surface area contributed by atoms with Crippen molar-refractivity contribution in [1.29, 1.82) is 0 Å². The lowest BCUT2D eigenvalue weighted by Gasteiger charge is -2.22.